The van der Waals surface area contributed by atoms with Crippen LogP contribution in [0.15, 0.2) is 71.1 Å². The number of benzene rings is 3. The zero-order valence-electron chi connectivity index (χ0n) is 17.7. The molecule has 0 saturated carbocycles. The van der Waals surface area contributed by atoms with Crippen molar-refractivity contribution in [2.45, 2.75) is 32.6 Å². The molecule has 0 saturated heterocycles. The first-order valence-electron chi connectivity index (χ1n) is 10.4. The van der Waals surface area contributed by atoms with Gasteiger partial charge in [-0.05, 0) is 53.9 Å². The molecule has 1 heterocycles. The average molecular weight is 431 g/mol. The van der Waals surface area contributed by atoms with Gasteiger partial charge in [0.05, 0.1) is 6.42 Å². The fourth-order valence-electron chi connectivity index (χ4n) is 3.72. The molecule has 32 heavy (non-hydrogen) atoms. The summed E-state index contributed by atoms with van der Waals surface area (Å²) in [6.45, 7) is 2.35. The van der Waals surface area contributed by atoms with E-state index in [2.05, 4.69) is 0 Å². The van der Waals surface area contributed by atoms with Crippen molar-refractivity contribution < 1.29 is 24.2 Å². The Morgan fingerprint density at radius 2 is 1.88 bits per heavy atom. The molecule has 3 aromatic carbocycles. The number of carboxylic acid groups (broad SMARTS) is 1. The standard InChI is InChI=1S/C26H25NO5/c1-16(28)24-12-21-10-18(15-31-23-8-3-2-6-20(23)13-25(29)30)11-22(26(21)32-24)19-7-4-5-17(9-19)14-27/h2-12,16,28H,13-15,27H2,1H3,(H,29,30)/t16-/m1/s1. The van der Waals surface area contributed by atoms with E-state index in [-0.39, 0.29) is 13.0 Å². The van der Waals surface area contributed by atoms with Crippen LogP contribution >= 0.6 is 0 Å². The molecule has 4 rings (SSSR count). The Morgan fingerprint density at radius 1 is 1.06 bits per heavy atom. The molecule has 0 bridgehead atoms. The number of carboxylic acids is 1. The van der Waals surface area contributed by atoms with E-state index in [9.17, 15) is 9.90 Å². The molecule has 1 aromatic heterocycles. The molecule has 0 radical (unpaired) electrons. The maximum absolute atomic E-state index is 11.2. The van der Waals surface area contributed by atoms with E-state index in [1.165, 1.54) is 0 Å². The lowest BCUT2D eigenvalue weighted by Gasteiger charge is -2.12. The van der Waals surface area contributed by atoms with Crippen molar-refractivity contribution in [3.63, 3.8) is 0 Å². The molecule has 4 N–H and O–H groups in total. The van der Waals surface area contributed by atoms with Crippen LogP contribution in [0.4, 0.5) is 0 Å². The van der Waals surface area contributed by atoms with Crippen LogP contribution in [0.2, 0.25) is 0 Å². The summed E-state index contributed by atoms with van der Waals surface area (Å²) in [6, 6.07) is 20.8. The summed E-state index contributed by atoms with van der Waals surface area (Å²) in [4.78, 5) is 11.2. The second-order valence-corrected chi connectivity index (χ2v) is 7.76. The molecule has 164 valence electrons. The highest BCUT2D eigenvalue weighted by molar-refractivity contribution is 5.93. The summed E-state index contributed by atoms with van der Waals surface area (Å²) < 4.78 is 12.0. The highest BCUT2D eigenvalue weighted by Gasteiger charge is 2.16. The fraction of sp³-hybridized carbons (Fsp3) is 0.192. The second kappa shape index (κ2) is 9.26. The highest BCUT2D eigenvalue weighted by atomic mass is 16.5. The minimum absolute atomic E-state index is 0.105. The summed E-state index contributed by atoms with van der Waals surface area (Å²) in [5, 5.41) is 20.0. The predicted octanol–water partition coefficient (Wildman–Crippen LogP) is 4.82. The van der Waals surface area contributed by atoms with Crippen LogP contribution in [0.1, 0.15) is 35.5 Å². The Morgan fingerprint density at radius 3 is 2.62 bits per heavy atom. The fourth-order valence-corrected chi connectivity index (χ4v) is 3.72. The molecule has 4 aromatic rings. The number of hydrogen-bond donors (Lipinski definition) is 3. The normalized spacial score (nSPS) is 12.1. The number of furan rings is 1. The second-order valence-electron chi connectivity index (χ2n) is 7.76. The Labute approximate surface area is 185 Å². The van der Waals surface area contributed by atoms with Gasteiger partial charge in [-0.3, -0.25) is 4.79 Å². The lowest BCUT2D eigenvalue weighted by molar-refractivity contribution is -0.136. The number of hydrogen-bond acceptors (Lipinski definition) is 5. The van der Waals surface area contributed by atoms with Gasteiger partial charge in [-0.2, -0.15) is 0 Å². The highest BCUT2D eigenvalue weighted by Crippen LogP contribution is 2.35. The minimum atomic E-state index is -0.909. The number of aliphatic hydroxyl groups is 1. The Balaban J connectivity index is 1.73. The third kappa shape index (κ3) is 4.66. The van der Waals surface area contributed by atoms with Gasteiger partial charge in [0.1, 0.15) is 29.8 Å². The van der Waals surface area contributed by atoms with Crippen LogP contribution in [0.25, 0.3) is 22.1 Å². The van der Waals surface area contributed by atoms with E-state index in [1.807, 2.05) is 48.5 Å². The summed E-state index contributed by atoms with van der Waals surface area (Å²) >= 11 is 0. The SMILES string of the molecule is C[C@@H](O)c1cc2cc(COc3ccccc3CC(=O)O)cc(-c3cccc(CN)c3)c2o1. The number of carbonyl (C=O) groups is 1. The van der Waals surface area contributed by atoms with Crippen LogP contribution in [0.5, 0.6) is 5.75 Å². The number of para-hydroxylation sites is 1. The van der Waals surface area contributed by atoms with Gasteiger partial charge in [-0.15, -0.1) is 0 Å². The largest absolute Gasteiger partial charge is 0.489 e. The lowest BCUT2D eigenvalue weighted by atomic mass is 9.99. The third-order valence-corrected chi connectivity index (χ3v) is 5.29. The van der Waals surface area contributed by atoms with Gasteiger partial charge in [0, 0.05) is 23.1 Å². The smallest absolute Gasteiger partial charge is 0.307 e. The van der Waals surface area contributed by atoms with Gasteiger partial charge in [0.2, 0.25) is 0 Å². The third-order valence-electron chi connectivity index (χ3n) is 5.29. The van der Waals surface area contributed by atoms with Crippen molar-refractivity contribution in [3.05, 3.63) is 89.2 Å². The number of nitrogens with two attached hydrogens (primary N) is 1. The predicted molar refractivity (Wildman–Crippen MR) is 122 cm³/mol. The maximum Gasteiger partial charge on any atom is 0.307 e. The molecule has 0 spiro atoms. The van der Waals surface area contributed by atoms with Gasteiger partial charge in [-0.1, -0.05) is 36.4 Å². The van der Waals surface area contributed by atoms with Crippen molar-refractivity contribution in [2.75, 3.05) is 0 Å². The van der Waals surface area contributed by atoms with E-state index < -0.39 is 12.1 Å². The Bertz CT molecular complexity index is 1260. The van der Waals surface area contributed by atoms with Gasteiger partial charge in [0.25, 0.3) is 0 Å². The van der Waals surface area contributed by atoms with E-state index >= 15 is 0 Å². The van der Waals surface area contributed by atoms with Crippen molar-refractivity contribution in [1.82, 2.24) is 0 Å². The summed E-state index contributed by atoms with van der Waals surface area (Å²) in [5.74, 6) is 0.119. The molecular formula is C26H25NO5. The van der Waals surface area contributed by atoms with Crippen molar-refractivity contribution >= 4 is 16.9 Å². The van der Waals surface area contributed by atoms with Gasteiger partial charge in [0.15, 0.2) is 0 Å². The number of aliphatic hydroxyl groups excluding tert-OH is 1. The van der Waals surface area contributed by atoms with E-state index in [4.69, 9.17) is 20.0 Å². The molecule has 0 unspecified atom stereocenters. The molecule has 0 fully saturated rings. The number of aliphatic carboxylic acids is 1. The van der Waals surface area contributed by atoms with Crippen molar-refractivity contribution in [2.24, 2.45) is 5.73 Å². The van der Waals surface area contributed by atoms with E-state index in [1.54, 1.807) is 25.1 Å². The molecule has 1 atom stereocenters. The molecule has 0 amide bonds. The summed E-state index contributed by atoms with van der Waals surface area (Å²) in [6.07, 6.45) is -0.834. The first kappa shape index (κ1) is 21.6. The van der Waals surface area contributed by atoms with Gasteiger partial charge >= 0.3 is 5.97 Å². The summed E-state index contributed by atoms with van der Waals surface area (Å²) in [7, 11) is 0. The summed E-state index contributed by atoms with van der Waals surface area (Å²) in [5.41, 5.74) is 10.9. The van der Waals surface area contributed by atoms with Gasteiger partial charge < -0.3 is 25.1 Å². The molecule has 0 aliphatic carbocycles. The van der Waals surface area contributed by atoms with E-state index in [0.717, 1.165) is 27.6 Å². The molecule has 6 nitrogen and oxygen atoms in total. The van der Waals surface area contributed by atoms with Crippen LogP contribution in [-0.2, 0) is 24.4 Å². The number of ether oxygens (including phenoxy) is 1. The van der Waals surface area contributed by atoms with Crippen LogP contribution in [0, 0.1) is 0 Å². The van der Waals surface area contributed by atoms with Crippen LogP contribution in [0.3, 0.4) is 0 Å². The average Bonchev–Trinajstić information content (AvgIpc) is 3.22. The Kier molecular flexibility index (Phi) is 6.25. The maximum atomic E-state index is 11.2. The van der Waals surface area contributed by atoms with Crippen molar-refractivity contribution in [1.29, 1.82) is 0 Å². The van der Waals surface area contributed by atoms with Crippen LogP contribution < -0.4 is 10.5 Å². The molecular weight excluding hydrogens is 406 g/mol. The lowest BCUT2D eigenvalue weighted by Crippen LogP contribution is -2.04. The zero-order valence-corrected chi connectivity index (χ0v) is 17.7. The molecule has 0 aliphatic rings. The quantitative estimate of drug-likeness (QED) is 0.369. The van der Waals surface area contributed by atoms with Crippen LogP contribution in [-0.4, -0.2) is 16.2 Å². The topological polar surface area (TPSA) is 106 Å². The molecule has 6 heteroatoms. The monoisotopic (exact) mass is 431 g/mol. The first-order valence-corrected chi connectivity index (χ1v) is 10.4. The number of fused-ring (bicyclic) bond motifs is 1. The minimum Gasteiger partial charge on any atom is -0.489 e. The van der Waals surface area contributed by atoms with Crippen molar-refractivity contribution in [3.8, 4) is 16.9 Å². The van der Waals surface area contributed by atoms with Gasteiger partial charge in [-0.25, -0.2) is 0 Å². The first-order chi connectivity index (χ1) is 15.4. The molecule has 0 aliphatic heterocycles. The number of rotatable bonds is 8. The zero-order chi connectivity index (χ0) is 22.7. The van der Waals surface area contributed by atoms with E-state index in [0.29, 0.717) is 29.2 Å². The Hall–Kier alpha value is -3.61.